The number of carbonyl (C=O) groups is 1. The average Bonchev–Trinajstić information content (AvgIpc) is 3.26. The Morgan fingerprint density at radius 1 is 1.38 bits per heavy atom. The number of amides is 1. The first-order valence-corrected chi connectivity index (χ1v) is 11.2. The van der Waals surface area contributed by atoms with Gasteiger partial charge < -0.3 is 14.8 Å². The molecule has 1 N–H and O–H groups in total. The van der Waals surface area contributed by atoms with Crippen molar-refractivity contribution < 1.29 is 14.3 Å². The summed E-state index contributed by atoms with van der Waals surface area (Å²) < 4.78 is 13.5. The monoisotopic (exact) mass is 436 g/mol. The fraction of sp³-hybridized carbons (Fsp3) is 0.550. The van der Waals surface area contributed by atoms with Gasteiger partial charge in [0.25, 0.3) is 0 Å². The molecule has 1 saturated heterocycles. The van der Waals surface area contributed by atoms with Gasteiger partial charge in [-0.05, 0) is 44.7 Å². The fourth-order valence-corrected chi connectivity index (χ4v) is 4.42. The van der Waals surface area contributed by atoms with Gasteiger partial charge in [0.2, 0.25) is 5.91 Å². The molecule has 2 heterocycles. The Hall–Kier alpha value is -1.77. The molecule has 1 aliphatic carbocycles. The molecule has 2 aromatic rings. The maximum absolute atomic E-state index is 12.5. The molecule has 1 amide bonds. The summed E-state index contributed by atoms with van der Waals surface area (Å²) in [5, 5.41) is 12.7. The lowest BCUT2D eigenvalue weighted by atomic mass is 10.2. The second-order valence-electron chi connectivity index (χ2n) is 7.36. The molecule has 2 unspecified atom stereocenters. The summed E-state index contributed by atoms with van der Waals surface area (Å²) in [6.45, 7) is 3.53. The summed E-state index contributed by atoms with van der Waals surface area (Å²) in [6, 6.07) is 7.74. The highest BCUT2D eigenvalue weighted by molar-refractivity contribution is 8.00. The molecule has 1 aliphatic heterocycles. The highest BCUT2D eigenvalue weighted by Gasteiger charge is 2.31. The van der Waals surface area contributed by atoms with Gasteiger partial charge in [0.1, 0.15) is 12.4 Å². The molecule has 2 atom stereocenters. The minimum atomic E-state index is -0.268. The van der Waals surface area contributed by atoms with Crippen molar-refractivity contribution >= 4 is 29.3 Å². The van der Waals surface area contributed by atoms with Crippen molar-refractivity contribution in [2.75, 3.05) is 13.2 Å². The number of rotatable bonds is 9. The van der Waals surface area contributed by atoms with Crippen molar-refractivity contribution in [1.82, 2.24) is 20.1 Å². The quantitative estimate of drug-likeness (QED) is 0.605. The van der Waals surface area contributed by atoms with Gasteiger partial charge in [-0.25, -0.2) is 0 Å². The number of thioether (sulfide) groups is 1. The van der Waals surface area contributed by atoms with Crippen LogP contribution in [-0.2, 0) is 16.1 Å². The van der Waals surface area contributed by atoms with Crippen LogP contribution in [0.2, 0.25) is 5.02 Å². The van der Waals surface area contributed by atoms with Crippen LogP contribution < -0.4 is 10.1 Å². The van der Waals surface area contributed by atoms with E-state index in [4.69, 9.17) is 21.1 Å². The molecular formula is C20H25ClN4O3S. The maximum atomic E-state index is 12.5. The maximum Gasteiger partial charge on any atom is 0.233 e. The molecule has 0 spiro atoms. The van der Waals surface area contributed by atoms with Crippen LogP contribution >= 0.6 is 23.4 Å². The van der Waals surface area contributed by atoms with Crippen LogP contribution in [0.5, 0.6) is 5.75 Å². The molecule has 4 rings (SSSR count). The van der Waals surface area contributed by atoms with Crippen LogP contribution in [0, 0.1) is 0 Å². The Morgan fingerprint density at radius 2 is 2.21 bits per heavy atom. The Bertz CT molecular complexity index is 852. The van der Waals surface area contributed by atoms with E-state index in [0.717, 1.165) is 43.3 Å². The number of hydrogen-bond donors (Lipinski definition) is 1. The smallest absolute Gasteiger partial charge is 0.233 e. The summed E-state index contributed by atoms with van der Waals surface area (Å²) in [7, 11) is 0. The zero-order chi connectivity index (χ0) is 20.2. The zero-order valence-electron chi connectivity index (χ0n) is 16.3. The summed E-state index contributed by atoms with van der Waals surface area (Å²) in [4.78, 5) is 12.5. The first-order chi connectivity index (χ1) is 14.1. The minimum Gasteiger partial charge on any atom is -0.484 e. The van der Waals surface area contributed by atoms with Crippen molar-refractivity contribution in [3.8, 4) is 5.75 Å². The third kappa shape index (κ3) is 5.24. The predicted molar refractivity (Wildman–Crippen MR) is 111 cm³/mol. The van der Waals surface area contributed by atoms with Gasteiger partial charge in [-0.3, -0.25) is 9.36 Å². The molecule has 2 aliphatic rings. The Balaban J connectivity index is 1.37. The summed E-state index contributed by atoms with van der Waals surface area (Å²) >= 11 is 7.60. The van der Waals surface area contributed by atoms with Crippen molar-refractivity contribution in [3.05, 3.63) is 35.1 Å². The van der Waals surface area contributed by atoms with E-state index in [0.29, 0.717) is 23.4 Å². The Kier molecular flexibility index (Phi) is 6.62. The second kappa shape index (κ2) is 9.36. The third-order valence-electron chi connectivity index (χ3n) is 5.02. The van der Waals surface area contributed by atoms with E-state index in [1.807, 2.05) is 25.1 Å². The molecule has 7 nitrogen and oxygen atoms in total. The van der Waals surface area contributed by atoms with Crippen LogP contribution in [0.3, 0.4) is 0 Å². The molecular weight excluding hydrogens is 412 g/mol. The average molecular weight is 437 g/mol. The van der Waals surface area contributed by atoms with Gasteiger partial charge in [-0.1, -0.05) is 35.5 Å². The normalized spacial score (nSPS) is 19.9. The number of nitrogens with one attached hydrogen (secondary N) is 1. The van der Waals surface area contributed by atoms with E-state index in [9.17, 15) is 4.79 Å². The van der Waals surface area contributed by atoms with Crippen LogP contribution in [0.4, 0.5) is 0 Å². The van der Waals surface area contributed by atoms with Gasteiger partial charge in [-0.15, -0.1) is 10.2 Å². The van der Waals surface area contributed by atoms with Crippen LogP contribution in [0.25, 0.3) is 0 Å². The number of nitrogens with zero attached hydrogens (tertiary/aromatic N) is 3. The number of aromatic nitrogens is 3. The van der Waals surface area contributed by atoms with Crippen LogP contribution in [0.15, 0.2) is 29.4 Å². The topological polar surface area (TPSA) is 78.3 Å². The van der Waals surface area contributed by atoms with Gasteiger partial charge in [0.15, 0.2) is 11.0 Å². The number of hydrogen-bond acceptors (Lipinski definition) is 6. The molecule has 156 valence electrons. The largest absolute Gasteiger partial charge is 0.484 e. The molecule has 9 heteroatoms. The third-order valence-corrected chi connectivity index (χ3v) is 6.39. The lowest BCUT2D eigenvalue weighted by Gasteiger charge is -2.15. The molecule has 1 aromatic heterocycles. The van der Waals surface area contributed by atoms with Gasteiger partial charge in [0, 0.05) is 19.2 Å². The van der Waals surface area contributed by atoms with Crippen LogP contribution in [0.1, 0.15) is 44.5 Å². The van der Waals surface area contributed by atoms with E-state index in [1.54, 1.807) is 6.07 Å². The highest BCUT2D eigenvalue weighted by Crippen LogP contribution is 2.39. The summed E-state index contributed by atoms with van der Waals surface area (Å²) in [6.07, 6.45) is 4.38. The number of carbonyl (C=O) groups excluding carboxylic acids is 1. The molecule has 1 aromatic carbocycles. The van der Waals surface area contributed by atoms with E-state index >= 15 is 0 Å². The van der Waals surface area contributed by atoms with E-state index in [2.05, 4.69) is 20.1 Å². The second-order valence-corrected chi connectivity index (χ2v) is 9.07. The van der Waals surface area contributed by atoms with E-state index in [1.165, 1.54) is 11.8 Å². The number of ether oxygens (including phenoxy) is 2. The first kappa shape index (κ1) is 20.5. The minimum absolute atomic E-state index is 0.00952. The fourth-order valence-electron chi connectivity index (χ4n) is 3.26. The molecule has 1 saturated carbocycles. The lowest BCUT2D eigenvalue weighted by molar-refractivity contribution is -0.120. The SMILES string of the molecule is CC(Sc1nnc(COc2ccccc2Cl)n1C1CC1)C(=O)NCC1CCCO1. The van der Waals surface area contributed by atoms with Gasteiger partial charge in [0.05, 0.1) is 16.4 Å². The van der Waals surface area contributed by atoms with Crippen molar-refractivity contribution in [1.29, 1.82) is 0 Å². The van der Waals surface area contributed by atoms with Crippen LogP contribution in [-0.4, -0.2) is 45.2 Å². The zero-order valence-corrected chi connectivity index (χ0v) is 17.9. The van der Waals surface area contributed by atoms with E-state index < -0.39 is 0 Å². The molecule has 2 fully saturated rings. The Morgan fingerprint density at radius 3 is 2.93 bits per heavy atom. The molecule has 0 bridgehead atoms. The van der Waals surface area contributed by atoms with Crippen molar-refractivity contribution in [2.45, 2.75) is 61.8 Å². The highest BCUT2D eigenvalue weighted by atomic mass is 35.5. The summed E-state index contributed by atoms with van der Waals surface area (Å²) in [5.74, 6) is 1.36. The van der Waals surface area contributed by atoms with Crippen molar-refractivity contribution in [3.63, 3.8) is 0 Å². The predicted octanol–water partition coefficient (Wildman–Crippen LogP) is 3.62. The Labute approximate surface area is 179 Å². The summed E-state index contributed by atoms with van der Waals surface area (Å²) in [5.41, 5.74) is 0. The number of para-hydroxylation sites is 1. The molecule has 29 heavy (non-hydrogen) atoms. The lowest BCUT2D eigenvalue weighted by Crippen LogP contribution is -2.36. The number of benzene rings is 1. The molecule has 0 radical (unpaired) electrons. The van der Waals surface area contributed by atoms with E-state index in [-0.39, 0.29) is 23.9 Å². The van der Waals surface area contributed by atoms with Crippen molar-refractivity contribution in [2.24, 2.45) is 0 Å². The van der Waals surface area contributed by atoms with Gasteiger partial charge in [-0.2, -0.15) is 0 Å². The first-order valence-electron chi connectivity index (χ1n) is 9.99. The standard InChI is InChI=1S/C20H25ClN4O3S/c1-13(19(26)22-11-15-5-4-10-27-15)29-20-24-23-18(25(20)14-8-9-14)12-28-17-7-3-2-6-16(17)21/h2-3,6-7,13-15H,4-5,8-12H2,1H3,(H,22,26). The van der Waals surface area contributed by atoms with Gasteiger partial charge >= 0.3 is 0 Å². The number of halogens is 1.